The number of pyridine rings is 3. The molecule has 0 radical (unpaired) electrons. The third-order valence-corrected chi connectivity index (χ3v) is 3.07. The lowest BCUT2D eigenvalue weighted by molar-refractivity contribution is 0.584. The molecule has 1 N–H and O–H groups in total. The molecule has 96 valence electrons. The van der Waals surface area contributed by atoms with Crippen molar-refractivity contribution in [3.8, 4) is 11.3 Å². The molecule has 4 nitrogen and oxygen atoms in total. The SMILES string of the molecule is [3H]c1cc2[nH]c3nc(-c4ccc(F)nc4[3H])ccc3c2c([3H])n1. The van der Waals surface area contributed by atoms with Gasteiger partial charge in [-0.05, 0) is 30.3 Å². The van der Waals surface area contributed by atoms with Gasteiger partial charge in [0.15, 0.2) is 0 Å². The van der Waals surface area contributed by atoms with Crippen molar-refractivity contribution in [3.05, 3.63) is 54.8 Å². The van der Waals surface area contributed by atoms with Gasteiger partial charge in [-0.1, -0.05) is 0 Å². The van der Waals surface area contributed by atoms with E-state index in [9.17, 15) is 4.39 Å². The Bertz CT molecular complexity index is 1080. The summed E-state index contributed by atoms with van der Waals surface area (Å²) < 4.78 is 36.3. The van der Waals surface area contributed by atoms with E-state index in [4.69, 9.17) is 4.11 Å². The van der Waals surface area contributed by atoms with Crippen LogP contribution in [0.4, 0.5) is 4.39 Å². The van der Waals surface area contributed by atoms with E-state index in [-0.39, 0.29) is 18.5 Å². The molecule has 4 rings (SSSR count). The Hall–Kier alpha value is -2.82. The second-order valence-corrected chi connectivity index (χ2v) is 4.30. The molecule has 0 aliphatic heterocycles. The van der Waals surface area contributed by atoms with Crippen LogP contribution in [0.15, 0.2) is 48.9 Å². The number of halogens is 1. The van der Waals surface area contributed by atoms with Crippen LogP contribution >= 0.6 is 0 Å². The van der Waals surface area contributed by atoms with Gasteiger partial charge >= 0.3 is 0 Å². The van der Waals surface area contributed by atoms with Crippen LogP contribution in [0.2, 0.25) is 0 Å². The molecule has 4 heterocycles. The minimum Gasteiger partial charge on any atom is -0.339 e. The van der Waals surface area contributed by atoms with Crippen molar-refractivity contribution in [2.75, 3.05) is 0 Å². The fourth-order valence-corrected chi connectivity index (χ4v) is 2.14. The number of hydrogen-bond acceptors (Lipinski definition) is 3. The van der Waals surface area contributed by atoms with Crippen LogP contribution in [0.1, 0.15) is 4.11 Å². The molecule has 5 heteroatoms. The Morgan fingerprint density at radius 3 is 2.90 bits per heavy atom. The smallest absolute Gasteiger partial charge is 0.212 e. The van der Waals surface area contributed by atoms with Crippen molar-refractivity contribution in [3.63, 3.8) is 0 Å². The number of H-pyrrole nitrogens is 1. The van der Waals surface area contributed by atoms with Gasteiger partial charge < -0.3 is 4.98 Å². The first-order valence-electron chi connectivity index (χ1n) is 7.43. The van der Waals surface area contributed by atoms with Gasteiger partial charge in [0.25, 0.3) is 0 Å². The number of aromatic amines is 1. The molecule has 0 spiro atoms. The maximum Gasteiger partial charge on any atom is 0.212 e. The highest BCUT2D eigenvalue weighted by molar-refractivity contribution is 6.05. The van der Waals surface area contributed by atoms with Crippen molar-refractivity contribution < 1.29 is 8.50 Å². The lowest BCUT2D eigenvalue weighted by Gasteiger charge is -2.00. The molecule has 0 aliphatic carbocycles. The number of hydrogen-bond donors (Lipinski definition) is 1. The van der Waals surface area contributed by atoms with Crippen LogP contribution in [0.5, 0.6) is 0 Å². The van der Waals surface area contributed by atoms with Crippen molar-refractivity contribution in [2.45, 2.75) is 0 Å². The van der Waals surface area contributed by atoms with E-state index in [0.717, 1.165) is 0 Å². The quantitative estimate of drug-likeness (QED) is 0.540. The summed E-state index contributed by atoms with van der Waals surface area (Å²) in [4.78, 5) is 14.8. The molecule has 0 aromatic carbocycles. The summed E-state index contributed by atoms with van der Waals surface area (Å²) in [6, 6.07) is 7.63. The van der Waals surface area contributed by atoms with Crippen LogP contribution in [-0.4, -0.2) is 19.9 Å². The summed E-state index contributed by atoms with van der Waals surface area (Å²) in [6.07, 6.45) is -0.173. The Morgan fingerprint density at radius 2 is 2.00 bits per heavy atom. The molecule has 20 heavy (non-hydrogen) atoms. The molecule has 0 aliphatic rings. The van der Waals surface area contributed by atoms with Gasteiger partial charge in [0.2, 0.25) is 5.95 Å². The van der Waals surface area contributed by atoms with E-state index in [1.165, 1.54) is 18.2 Å². The third-order valence-electron chi connectivity index (χ3n) is 3.07. The van der Waals surface area contributed by atoms with Crippen LogP contribution < -0.4 is 0 Å². The summed E-state index contributed by atoms with van der Waals surface area (Å²) in [5, 5.41) is 1.31. The first-order chi connectivity index (χ1) is 11.0. The molecule has 4 aromatic heterocycles. The summed E-state index contributed by atoms with van der Waals surface area (Å²) >= 11 is 0. The molecule has 0 saturated carbocycles. The standard InChI is InChI=1S/C15H9FN4/c16-14-4-1-9(7-18-14)12-3-2-10-11-8-17-6-5-13(11)20-15(10)19-12/h1-8H,(H,19,20)/i6T,7T,8T. The Labute approximate surface area is 117 Å². The largest absolute Gasteiger partial charge is 0.339 e. The predicted molar refractivity (Wildman–Crippen MR) is 74.6 cm³/mol. The van der Waals surface area contributed by atoms with Gasteiger partial charge in [-0.25, -0.2) is 9.97 Å². The first kappa shape index (κ1) is 8.37. The second-order valence-electron chi connectivity index (χ2n) is 4.30. The lowest BCUT2D eigenvalue weighted by atomic mass is 10.1. The normalized spacial score (nSPS) is 13.3. The zero-order valence-corrected chi connectivity index (χ0v) is 10.1. The monoisotopic (exact) mass is 270 g/mol. The van der Waals surface area contributed by atoms with E-state index in [1.54, 1.807) is 12.1 Å². The average Bonchev–Trinajstić information content (AvgIpc) is 2.84. The molecule has 0 amide bonds. The van der Waals surface area contributed by atoms with Crippen LogP contribution in [-0.2, 0) is 0 Å². The zero-order valence-electron chi connectivity index (χ0n) is 13.1. The number of aromatic nitrogens is 4. The summed E-state index contributed by atoms with van der Waals surface area (Å²) in [7, 11) is 0. The van der Waals surface area contributed by atoms with Gasteiger partial charge in [-0.2, -0.15) is 4.39 Å². The average molecular weight is 270 g/mol. The van der Waals surface area contributed by atoms with Gasteiger partial charge in [-0.3, -0.25) is 4.98 Å². The fourth-order valence-electron chi connectivity index (χ4n) is 2.14. The van der Waals surface area contributed by atoms with Gasteiger partial charge in [-0.15, -0.1) is 0 Å². The molecule has 4 aromatic rings. The van der Waals surface area contributed by atoms with Gasteiger partial charge in [0, 0.05) is 34.9 Å². The van der Waals surface area contributed by atoms with E-state index < -0.39 is 5.95 Å². The Kier molecular flexibility index (Phi) is 1.71. The maximum atomic E-state index is 13.0. The highest BCUT2D eigenvalue weighted by Crippen LogP contribution is 2.26. The zero-order chi connectivity index (χ0) is 16.1. The molecule has 0 unspecified atom stereocenters. The Balaban J connectivity index is 1.98. The molecular formula is C15H9FN4. The Morgan fingerprint density at radius 1 is 1.05 bits per heavy atom. The number of nitrogens with one attached hydrogen (secondary N) is 1. The number of nitrogens with zero attached hydrogens (tertiary/aromatic N) is 3. The molecule has 0 saturated heterocycles. The highest BCUT2D eigenvalue weighted by atomic mass is 19.1. The molecular weight excluding hydrogens is 255 g/mol. The second kappa shape index (κ2) is 4.09. The number of rotatable bonds is 1. The van der Waals surface area contributed by atoms with E-state index in [1.807, 2.05) is 0 Å². The van der Waals surface area contributed by atoms with Crippen LogP contribution in [0.3, 0.4) is 0 Å². The summed E-state index contributed by atoms with van der Waals surface area (Å²) in [6.45, 7) is 0. The highest BCUT2D eigenvalue weighted by Gasteiger charge is 2.07. The van der Waals surface area contributed by atoms with Crippen LogP contribution in [0, 0.1) is 5.95 Å². The van der Waals surface area contributed by atoms with Gasteiger partial charge in [0.1, 0.15) is 5.65 Å². The summed E-state index contributed by atoms with van der Waals surface area (Å²) in [5.41, 5.74) is 2.02. The maximum absolute atomic E-state index is 13.0. The van der Waals surface area contributed by atoms with Crippen LogP contribution in [0.25, 0.3) is 33.2 Å². The fraction of sp³-hybridized carbons (Fsp3) is 0. The minimum absolute atomic E-state index is 0.00505. The lowest BCUT2D eigenvalue weighted by Crippen LogP contribution is -1.87. The predicted octanol–water partition coefficient (Wildman–Crippen LogP) is 3.31. The van der Waals surface area contributed by atoms with Gasteiger partial charge in [0.05, 0.1) is 15.3 Å². The summed E-state index contributed by atoms with van der Waals surface area (Å²) in [5.74, 6) is -0.710. The number of fused-ring (bicyclic) bond motifs is 3. The molecule has 0 fully saturated rings. The molecule has 0 bridgehead atoms. The van der Waals surface area contributed by atoms with E-state index in [2.05, 4.69) is 19.9 Å². The van der Waals surface area contributed by atoms with Crippen molar-refractivity contribution in [2.24, 2.45) is 0 Å². The minimum atomic E-state index is -0.710. The van der Waals surface area contributed by atoms with E-state index >= 15 is 0 Å². The molecule has 0 atom stereocenters. The van der Waals surface area contributed by atoms with Crippen molar-refractivity contribution in [1.82, 2.24) is 19.9 Å². The third kappa shape index (κ3) is 1.64. The topological polar surface area (TPSA) is 54.5 Å². The van der Waals surface area contributed by atoms with Crippen molar-refractivity contribution in [1.29, 1.82) is 0 Å². The van der Waals surface area contributed by atoms with E-state index in [0.29, 0.717) is 33.2 Å². The first-order valence-corrected chi connectivity index (χ1v) is 5.93. The van der Waals surface area contributed by atoms with Crippen molar-refractivity contribution >= 4 is 21.9 Å².